The molecular weight excluding hydrogens is 314 g/mol. The Balaban J connectivity index is 1.50. The van der Waals surface area contributed by atoms with Crippen molar-refractivity contribution in [1.29, 1.82) is 0 Å². The molecular formula is C19H15N5O. The molecule has 0 atom stereocenters. The van der Waals surface area contributed by atoms with Crippen molar-refractivity contribution < 1.29 is 4.79 Å². The fraction of sp³-hybridized carbons (Fsp3) is 0.105. The number of nitrogens with zero attached hydrogens (tertiary/aromatic N) is 3. The van der Waals surface area contributed by atoms with Gasteiger partial charge in [-0.05, 0) is 12.1 Å². The van der Waals surface area contributed by atoms with Crippen LogP contribution in [0.25, 0.3) is 22.3 Å². The third-order valence-electron chi connectivity index (χ3n) is 4.60. The lowest BCUT2D eigenvalue weighted by atomic mass is 10.0. The van der Waals surface area contributed by atoms with Crippen LogP contribution in [-0.2, 0) is 13.0 Å². The van der Waals surface area contributed by atoms with E-state index in [0.717, 1.165) is 41.0 Å². The summed E-state index contributed by atoms with van der Waals surface area (Å²) in [6, 6.07) is 9.76. The van der Waals surface area contributed by atoms with Gasteiger partial charge in [0.25, 0.3) is 5.91 Å². The van der Waals surface area contributed by atoms with Crippen LogP contribution in [0, 0.1) is 0 Å². The Labute approximate surface area is 143 Å². The third kappa shape index (κ3) is 2.22. The topological polar surface area (TPSA) is 75.6 Å². The number of carbonyl (C=O) groups is 1. The Morgan fingerprint density at radius 2 is 2.16 bits per heavy atom. The fourth-order valence-corrected chi connectivity index (χ4v) is 3.39. The average molecular weight is 329 g/mol. The Morgan fingerprint density at radius 1 is 1.24 bits per heavy atom. The van der Waals surface area contributed by atoms with Gasteiger partial charge >= 0.3 is 0 Å². The van der Waals surface area contributed by atoms with Gasteiger partial charge in [-0.3, -0.25) is 9.78 Å². The minimum Gasteiger partial charge on any atom is -0.364 e. The molecule has 1 aromatic carbocycles. The molecule has 122 valence electrons. The number of anilines is 1. The number of fused-ring (bicyclic) bond motifs is 4. The fourth-order valence-electron chi connectivity index (χ4n) is 3.39. The van der Waals surface area contributed by atoms with Crippen molar-refractivity contribution in [3.8, 4) is 11.4 Å². The number of hydrogen-bond donors (Lipinski definition) is 2. The van der Waals surface area contributed by atoms with E-state index in [9.17, 15) is 4.79 Å². The standard InChI is InChI=1S/C19H15N5O/c25-19(23-13-9-12-3-1-2-4-15(12)21-10-13)14-11-22-16-5-7-24-8-6-20-18(24)17(14)16/h1-4,6,8-11,22H,5,7H2,(H,23,25). The van der Waals surface area contributed by atoms with E-state index in [1.54, 1.807) is 18.6 Å². The SMILES string of the molecule is O=C(Nc1cnc2ccccc2c1)c1c[nH]c2c1-c1nccn1CC2. The highest BCUT2D eigenvalue weighted by atomic mass is 16.1. The molecule has 4 heterocycles. The molecule has 5 rings (SSSR count). The first-order chi connectivity index (χ1) is 12.3. The maximum absolute atomic E-state index is 12.8. The van der Waals surface area contributed by atoms with Gasteiger partial charge in [0, 0.05) is 42.6 Å². The molecule has 0 radical (unpaired) electrons. The molecule has 1 aliphatic rings. The Kier molecular flexibility index (Phi) is 2.97. The average Bonchev–Trinajstić information content (AvgIpc) is 3.27. The van der Waals surface area contributed by atoms with Crippen molar-refractivity contribution in [2.45, 2.75) is 13.0 Å². The maximum Gasteiger partial charge on any atom is 0.258 e. The van der Waals surface area contributed by atoms with Gasteiger partial charge in [-0.2, -0.15) is 0 Å². The monoisotopic (exact) mass is 329 g/mol. The minimum atomic E-state index is -0.161. The number of pyridine rings is 1. The summed E-state index contributed by atoms with van der Waals surface area (Å²) < 4.78 is 2.07. The molecule has 0 saturated heterocycles. The summed E-state index contributed by atoms with van der Waals surface area (Å²) in [5.74, 6) is 0.676. The highest BCUT2D eigenvalue weighted by Gasteiger charge is 2.25. The van der Waals surface area contributed by atoms with E-state index in [1.807, 2.05) is 36.5 Å². The van der Waals surface area contributed by atoms with Crippen molar-refractivity contribution >= 4 is 22.5 Å². The molecule has 1 aliphatic heterocycles. The van der Waals surface area contributed by atoms with Crippen molar-refractivity contribution in [2.75, 3.05) is 5.32 Å². The van der Waals surface area contributed by atoms with Crippen LogP contribution in [0.2, 0.25) is 0 Å². The third-order valence-corrected chi connectivity index (χ3v) is 4.60. The molecule has 6 heteroatoms. The minimum absolute atomic E-state index is 0.161. The van der Waals surface area contributed by atoms with Gasteiger partial charge in [0.05, 0.1) is 28.5 Å². The van der Waals surface area contributed by atoms with E-state index in [4.69, 9.17) is 0 Å². The van der Waals surface area contributed by atoms with Crippen LogP contribution in [0.4, 0.5) is 5.69 Å². The number of aromatic amines is 1. The van der Waals surface area contributed by atoms with Gasteiger partial charge in [-0.1, -0.05) is 18.2 Å². The molecule has 0 saturated carbocycles. The molecule has 0 bridgehead atoms. The van der Waals surface area contributed by atoms with E-state index >= 15 is 0 Å². The zero-order valence-electron chi connectivity index (χ0n) is 13.4. The normalized spacial score (nSPS) is 12.6. The molecule has 0 fully saturated rings. The number of carbonyl (C=O) groups excluding carboxylic acids is 1. The molecule has 0 spiro atoms. The van der Waals surface area contributed by atoms with Gasteiger partial charge in [0.2, 0.25) is 0 Å². The number of para-hydroxylation sites is 1. The van der Waals surface area contributed by atoms with E-state index in [1.165, 1.54) is 0 Å². The lowest BCUT2D eigenvalue weighted by Crippen LogP contribution is -2.15. The Bertz CT molecular complexity index is 1110. The smallest absolute Gasteiger partial charge is 0.258 e. The van der Waals surface area contributed by atoms with Gasteiger partial charge in [0.1, 0.15) is 5.82 Å². The van der Waals surface area contributed by atoms with Crippen LogP contribution >= 0.6 is 0 Å². The quantitative estimate of drug-likeness (QED) is 0.593. The second kappa shape index (κ2) is 5.31. The first-order valence-corrected chi connectivity index (χ1v) is 8.17. The number of imidazole rings is 1. The van der Waals surface area contributed by atoms with Crippen LogP contribution in [0.5, 0.6) is 0 Å². The van der Waals surface area contributed by atoms with Crippen LogP contribution in [0.15, 0.2) is 55.1 Å². The van der Waals surface area contributed by atoms with Gasteiger partial charge in [0.15, 0.2) is 0 Å². The number of aromatic nitrogens is 4. The summed E-state index contributed by atoms with van der Waals surface area (Å²) >= 11 is 0. The molecule has 25 heavy (non-hydrogen) atoms. The van der Waals surface area contributed by atoms with Crippen molar-refractivity contribution in [3.63, 3.8) is 0 Å². The lowest BCUT2D eigenvalue weighted by molar-refractivity contribution is 0.102. The predicted octanol–water partition coefficient (Wildman–Crippen LogP) is 3.23. The molecule has 4 aromatic rings. The van der Waals surface area contributed by atoms with Gasteiger partial charge in [-0.15, -0.1) is 0 Å². The van der Waals surface area contributed by atoms with Crippen molar-refractivity contribution in [3.05, 3.63) is 66.4 Å². The van der Waals surface area contributed by atoms with Crippen molar-refractivity contribution in [1.82, 2.24) is 19.5 Å². The number of nitrogens with one attached hydrogen (secondary N) is 2. The Morgan fingerprint density at radius 3 is 3.12 bits per heavy atom. The van der Waals surface area contributed by atoms with E-state index in [2.05, 4.69) is 24.8 Å². The van der Waals surface area contributed by atoms with Gasteiger partial charge < -0.3 is 14.9 Å². The first kappa shape index (κ1) is 14.0. The van der Waals surface area contributed by atoms with Crippen LogP contribution in [-0.4, -0.2) is 25.4 Å². The predicted molar refractivity (Wildman–Crippen MR) is 95.4 cm³/mol. The van der Waals surface area contributed by atoms with E-state index in [0.29, 0.717) is 11.3 Å². The maximum atomic E-state index is 12.8. The molecule has 2 N–H and O–H groups in total. The summed E-state index contributed by atoms with van der Waals surface area (Å²) in [6.07, 6.45) is 8.02. The molecule has 1 amide bonds. The summed E-state index contributed by atoms with van der Waals surface area (Å²) in [4.78, 5) is 24.8. The Hall–Kier alpha value is -3.41. The van der Waals surface area contributed by atoms with Crippen molar-refractivity contribution in [2.24, 2.45) is 0 Å². The molecule has 0 aliphatic carbocycles. The number of aryl methyl sites for hydroxylation is 2. The number of benzene rings is 1. The summed E-state index contributed by atoms with van der Waals surface area (Å²) in [6.45, 7) is 0.874. The summed E-state index contributed by atoms with van der Waals surface area (Å²) in [5, 5.41) is 3.94. The summed E-state index contributed by atoms with van der Waals surface area (Å²) in [5.41, 5.74) is 4.14. The summed E-state index contributed by atoms with van der Waals surface area (Å²) in [7, 11) is 0. The highest BCUT2D eigenvalue weighted by molar-refractivity contribution is 6.09. The number of hydrogen-bond acceptors (Lipinski definition) is 3. The largest absolute Gasteiger partial charge is 0.364 e. The molecule has 3 aromatic heterocycles. The van der Waals surface area contributed by atoms with E-state index < -0.39 is 0 Å². The van der Waals surface area contributed by atoms with Crippen LogP contribution in [0.3, 0.4) is 0 Å². The number of amides is 1. The second-order valence-corrected chi connectivity index (χ2v) is 6.12. The van der Waals surface area contributed by atoms with Crippen LogP contribution < -0.4 is 5.32 Å². The molecule has 0 unspecified atom stereocenters. The van der Waals surface area contributed by atoms with Crippen LogP contribution in [0.1, 0.15) is 16.1 Å². The molecule has 6 nitrogen and oxygen atoms in total. The van der Waals surface area contributed by atoms with Gasteiger partial charge in [-0.25, -0.2) is 4.98 Å². The zero-order chi connectivity index (χ0) is 16.8. The number of rotatable bonds is 2. The number of H-pyrrole nitrogens is 1. The second-order valence-electron chi connectivity index (χ2n) is 6.12. The van der Waals surface area contributed by atoms with E-state index in [-0.39, 0.29) is 5.91 Å². The lowest BCUT2D eigenvalue weighted by Gasteiger charge is -2.15. The highest BCUT2D eigenvalue weighted by Crippen LogP contribution is 2.31. The first-order valence-electron chi connectivity index (χ1n) is 8.17. The zero-order valence-corrected chi connectivity index (χ0v) is 13.4.